The van der Waals surface area contributed by atoms with Crippen LogP contribution in [0.5, 0.6) is 0 Å². The predicted octanol–water partition coefficient (Wildman–Crippen LogP) is 1.97. The summed E-state index contributed by atoms with van der Waals surface area (Å²) in [4.78, 5) is 13.0. The van der Waals surface area contributed by atoms with Crippen LogP contribution in [0.3, 0.4) is 0 Å². The second-order valence-electron chi connectivity index (χ2n) is 6.59. The van der Waals surface area contributed by atoms with Crippen LogP contribution in [0, 0.1) is 6.92 Å². The molecule has 0 unspecified atom stereocenters. The third kappa shape index (κ3) is 4.78. The molecule has 0 spiro atoms. The molecule has 0 aliphatic rings. The van der Waals surface area contributed by atoms with E-state index >= 15 is 0 Å². The van der Waals surface area contributed by atoms with Crippen LogP contribution in [0.1, 0.15) is 17.0 Å². The number of hydrogen-bond acceptors (Lipinski definition) is 7. The Morgan fingerprint density at radius 2 is 1.87 bits per heavy atom. The molecule has 1 aromatic heterocycles. The fourth-order valence-electron chi connectivity index (χ4n) is 2.60. The van der Waals surface area contributed by atoms with Crippen molar-refractivity contribution in [2.24, 2.45) is 0 Å². The second kappa shape index (κ2) is 8.97. The highest BCUT2D eigenvalue weighted by Gasteiger charge is 2.20. The van der Waals surface area contributed by atoms with Gasteiger partial charge in [0.25, 0.3) is 0 Å². The van der Waals surface area contributed by atoms with Gasteiger partial charge in [-0.05, 0) is 46.7 Å². The largest absolute Gasteiger partial charge is 0.456 e. The van der Waals surface area contributed by atoms with E-state index < -0.39 is 16.0 Å². The smallest absolute Gasteiger partial charge is 0.357 e. The zero-order chi connectivity index (χ0) is 21.7. The topological polar surface area (TPSA) is 107 Å². The van der Waals surface area contributed by atoms with Crippen LogP contribution in [0.4, 0.5) is 0 Å². The van der Waals surface area contributed by atoms with E-state index in [-0.39, 0.29) is 17.2 Å². The summed E-state index contributed by atoms with van der Waals surface area (Å²) in [6.45, 7) is 1.56. The van der Waals surface area contributed by atoms with E-state index in [1.54, 1.807) is 25.1 Å². The molecule has 0 saturated carbocycles. The third-order valence-corrected chi connectivity index (χ3v) is 6.02. The molecule has 0 fully saturated rings. The van der Waals surface area contributed by atoms with Crippen LogP contribution < -0.4 is 0 Å². The number of sulfonamides is 1. The van der Waals surface area contributed by atoms with Crippen LogP contribution >= 0.6 is 0 Å². The molecule has 0 saturated heterocycles. The highest BCUT2D eigenvalue weighted by Crippen LogP contribution is 2.18. The van der Waals surface area contributed by atoms with Crippen LogP contribution in [0.25, 0.3) is 11.8 Å². The van der Waals surface area contributed by atoms with Gasteiger partial charge in [-0.3, -0.25) is 0 Å². The van der Waals surface area contributed by atoms with Crippen molar-refractivity contribution in [1.29, 1.82) is 0 Å². The van der Waals surface area contributed by atoms with Crippen molar-refractivity contribution in [2.75, 3.05) is 14.1 Å². The molecule has 156 valence electrons. The standard InChI is InChI=1S/C20H21N5O4S/c1-15-21-22-23-25(15)19(13-16-8-5-4-6-9-16)20(26)29-14-17-10-7-11-18(12-17)30(27,28)24(2)3/h4-13H,14H2,1-3H3/b19-13-. The van der Waals surface area contributed by atoms with Gasteiger partial charge in [0.2, 0.25) is 10.0 Å². The normalized spacial score (nSPS) is 12.2. The van der Waals surface area contributed by atoms with E-state index in [1.807, 2.05) is 30.3 Å². The lowest BCUT2D eigenvalue weighted by Gasteiger charge is -2.13. The van der Waals surface area contributed by atoms with E-state index in [2.05, 4.69) is 15.5 Å². The summed E-state index contributed by atoms with van der Waals surface area (Å²) in [6, 6.07) is 15.5. The number of ether oxygens (including phenoxy) is 1. The van der Waals surface area contributed by atoms with Crippen LogP contribution in [0.2, 0.25) is 0 Å². The molecule has 2 aromatic carbocycles. The molecule has 0 atom stereocenters. The number of tetrazole rings is 1. The van der Waals surface area contributed by atoms with Gasteiger partial charge in [-0.25, -0.2) is 17.5 Å². The molecule has 9 nitrogen and oxygen atoms in total. The van der Waals surface area contributed by atoms with Crippen molar-refractivity contribution in [3.8, 4) is 0 Å². The van der Waals surface area contributed by atoms with Gasteiger partial charge in [-0.1, -0.05) is 42.5 Å². The second-order valence-corrected chi connectivity index (χ2v) is 8.74. The number of esters is 1. The minimum atomic E-state index is -3.59. The number of carbonyl (C=O) groups excluding carboxylic acids is 1. The highest BCUT2D eigenvalue weighted by atomic mass is 32.2. The lowest BCUT2D eigenvalue weighted by atomic mass is 10.2. The molecule has 0 N–H and O–H groups in total. The van der Waals surface area contributed by atoms with Crippen LogP contribution in [-0.4, -0.2) is 53.0 Å². The summed E-state index contributed by atoms with van der Waals surface area (Å²) in [5, 5.41) is 11.3. The van der Waals surface area contributed by atoms with Crippen molar-refractivity contribution in [3.05, 3.63) is 71.5 Å². The number of nitrogens with zero attached hydrogens (tertiary/aromatic N) is 5. The first-order valence-corrected chi connectivity index (χ1v) is 10.4. The maximum atomic E-state index is 12.8. The number of hydrogen-bond donors (Lipinski definition) is 0. The van der Waals surface area contributed by atoms with Crippen molar-refractivity contribution < 1.29 is 17.9 Å². The van der Waals surface area contributed by atoms with E-state index in [0.29, 0.717) is 11.4 Å². The predicted molar refractivity (Wildman–Crippen MR) is 110 cm³/mol. The monoisotopic (exact) mass is 427 g/mol. The SMILES string of the molecule is Cc1nnnn1/C(=C\c1ccccc1)C(=O)OCc1cccc(S(=O)(=O)N(C)C)c1. The molecule has 1 heterocycles. The summed E-state index contributed by atoms with van der Waals surface area (Å²) in [7, 11) is -0.674. The zero-order valence-electron chi connectivity index (χ0n) is 16.8. The first-order valence-electron chi connectivity index (χ1n) is 9.00. The van der Waals surface area contributed by atoms with Crippen molar-refractivity contribution in [2.45, 2.75) is 18.4 Å². The lowest BCUT2D eigenvalue weighted by molar-refractivity contribution is -0.138. The lowest BCUT2D eigenvalue weighted by Crippen LogP contribution is -2.22. The maximum Gasteiger partial charge on any atom is 0.357 e. The Morgan fingerprint density at radius 1 is 1.13 bits per heavy atom. The van der Waals surface area contributed by atoms with Gasteiger partial charge in [-0.2, -0.15) is 4.68 Å². The number of benzene rings is 2. The maximum absolute atomic E-state index is 12.8. The highest BCUT2D eigenvalue weighted by molar-refractivity contribution is 7.89. The van der Waals surface area contributed by atoms with Crippen molar-refractivity contribution >= 4 is 27.8 Å². The summed E-state index contributed by atoms with van der Waals surface area (Å²) < 4.78 is 32.5. The zero-order valence-corrected chi connectivity index (χ0v) is 17.6. The summed E-state index contributed by atoms with van der Waals surface area (Å²) in [6.07, 6.45) is 1.62. The first-order chi connectivity index (χ1) is 14.3. The number of aryl methyl sites for hydroxylation is 1. The molecular formula is C20H21N5O4S. The summed E-state index contributed by atoms with van der Waals surface area (Å²) in [5.74, 6) is -0.219. The van der Waals surface area contributed by atoms with Crippen LogP contribution in [0.15, 0.2) is 59.5 Å². The van der Waals surface area contributed by atoms with Gasteiger partial charge in [0.1, 0.15) is 6.61 Å². The molecule has 0 aliphatic carbocycles. The van der Waals surface area contributed by atoms with E-state index in [0.717, 1.165) is 9.87 Å². The number of carbonyl (C=O) groups is 1. The van der Waals surface area contributed by atoms with Crippen LogP contribution in [-0.2, 0) is 26.2 Å². The van der Waals surface area contributed by atoms with E-state index in [9.17, 15) is 13.2 Å². The van der Waals surface area contributed by atoms with E-state index in [4.69, 9.17) is 4.74 Å². The first kappa shape index (κ1) is 21.3. The Labute approximate surface area is 174 Å². The Hall–Kier alpha value is -3.37. The third-order valence-electron chi connectivity index (χ3n) is 4.21. The van der Waals surface area contributed by atoms with Gasteiger partial charge < -0.3 is 4.74 Å². The number of aromatic nitrogens is 4. The molecular weight excluding hydrogens is 406 g/mol. The van der Waals surface area contributed by atoms with E-state index in [1.165, 1.54) is 30.9 Å². The van der Waals surface area contributed by atoms with Gasteiger partial charge >= 0.3 is 5.97 Å². The fourth-order valence-corrected chi connectivity index (χ4v) is 3.57. The van der Waals surface area contributed by atoms with Gasteiger partial charge in [-0.15, -0.1) is 5.10 Å². The summed E-state index contributed by atoms with van der Waals surface area (Å²) >= 11 is 0. The molecule has 30 heavy (non-hydrogen) atoms. The minimum absolute atomic E-state index is 0.108. The summed E-state index contributed by atoms with van der Waals surface area (Å²) in [5.41, 5.74) is 1.46. The average Bonchev–Trinajstić information content (AvgIpc) is 3.16. The van der Waals surface area contributed by atoms with Crippen molar-refractivity contribution in [3.63, 3.8) is 0 Å². The fraction of sp³-hybridized carbons (Fsp3) is 0.200. The Kier molecular flexibility index (Phi) is 6.38. The molecule has 0 aliphatic heterocycles. The van der Waals surface area contributed by atoms with Gasteiger partial charge in [0.15, 0.2) is 11.5 Å². The Bertz CT molecular complexity index is 1170. The Morgan fingerprint density at radius 3 is 2.50 bits per heavy atom. The van der Waals surface area contributed by atoms with Gasteiger partial charge in [0, 0.05) is 14.1 Å². The molecule has 10 heteroatoms. The Balaban J connectivity index is 1.84. The molecule has 0 radical (unpaired) electrons. The molecule has 0 bridgehead atoms. The van der Waals surface area contributed by atoms with Gasteiger partial charge in [0.05, 0.1) is 4.90 Å². The molecule has 3 rings (SSSR count). The average molecular weight is 427 g/mol. The number of rotatable bonds is 7. The molecule has 0 amide bonds. The van der Waals surface area contributed by atoms with Crippen molar-refractivity contribution in [1.82, 2.24) is 24.5 Å². The minimum Gasteiger partial charge on any atom is -0.456 e. The molecule has 3 aromatic rings. The quantitative estimate of drug-likeness (QED) is 0.419.